The molecular weight excluding hydrogens is 300 g/mol. The van der Waals surface area contributed by atoms with Crippen molar-refractivity contribution in [1.82, 2.24) is 10.2 Å². The van der Waals surface area contributed by atoms with E-state index in [1.54, 1.807) is 6.92 Å². The Kier molecular flexibility index (Phi) is 6.24. The molecule has 1 aromatic carbocycles. The molecule has 2 saturated heterocycles. The number of benzene rings is 1. The van der Waals surface area contributed by atoms with Gasteiger partial charge in [-0.15, -0.1) is 12.4 Å². The molecule has 1 aromatic rings. The number of carbonyl (C=O) groups is 1. The molecule has 4 nitrogen and oxygen atoms in total. The Balaban J connectivity index is 0.00000176. The van der Waals surface area contributed by atoms with Crippen LogP contribution in [-0.4, -0.2) is 49.0 Å². The minimum Gasteiger partial charge on any atom is -0.491 e. The fourth-order valence-electron chi connectivity index (χ4n) is 3.39. The predicted molar refractivity (Wildman–Crippen MR) is 90.2 cm³/mol. The highest BCUT2D eigenvalue weighted by molar-refractivity contribution is 5.96. The van der Waals surface area contributed by atoms with Crippen molar-refractivity contribution in [3.05, 3.63) is 29.8 Å². The van der Waals surface area contributed by atoms with Crippen LogP contribution in [0.2, 0.25) is 0 Å². The second-order valence-corrected chi connectivity index (χ2v) is 6.13. The normalized spacial score (nSPS) is 24.4. The average Bonchev–Trinajstić information content (AvgIpc) is 2.81. The molecule has 2 atom stereocenters. The fraction of sp³-hybridized carbons (Fsp3) is 0.588. The van der Waals surface area contributed by atoms with Crippen LogP contribution >= 0.6 is 12.4 Å². The summed E-state index contributed by atoms with van der Waals surface area (Å²) >= 11 is 0. The zero-order chi connectivity index (χ0) is 14.7. The van der Waals surface area contributed by atoms with Crippen LogP contribution in [-0.2, 0) is 0 Å². The molecule has 2 heterocycles. The molecule has 0 radical (unpaired) electrons. The van der Waals surface area contributed by atoms with Gasteiger partial charge in [0.1, 0.15) is 12.4 Å². The summed E-state index contributed by atoms with van der Waals surface area (Å²) in [6, 6.07) is 8.87. The van der Waals surface area contributed by atoms with Crippen LogP contribution in [0.4, 0.5) is 0 Å². The van der Waals surface area contributed by atoms with E-state index in [1.165, 1.54) is 19.3 Å². The first-order chi connectivity index (χ1) is 10.2. The first kappa shape index (κ1) is 17.3. The molecule has 5 heteroatoms. The van der Waals surface area contributed by atoms with Gasteiger partial charge in [0.2, 0.25) is 0 Å². The molecule has 0 aromatic heterocycles. The Morgan fingerprint density at radius 2 is 2.05 bits per heavy atom. The standard InChI is InChI=1S/C17H24N2O2.ClH/c1-13(20)16-4-2-3-5-17(16)21-11-10-19-9-8-14-6-7-15(12-19)18-14;/h2-5,14-15,18H,6-12H2,1H3;1H. The maximum absolute atomic E-state index is 11.6. The largest absolute Gasteiger partial charge is 0.491 e. The van der Waals surface area contributed by atoms with Gasteiger partial charge in [0, 0.05) is 25.2 Å². The van der Waals surface area contributed by atoms with E-state index < -0.39 is 0 Å². The highest BCUT2D eigenvalue weighted by Crippen LogP contribution is 2.21. The monoisotopic (exact) mass is 324 g/mol. The summed E-state index contributed by atoms with van der Waals surface area (Å²) in [5.41, 5.74) is 0.675. The van der Waals surface area contributed by atoms with Crippen molar-refractivity contribution in [3.8, 4) is 5.75 Å². The van der Waals surface area contributed by atoms with Crippen LogP contribution in [0.1, 0.15) is 36.5 Å². The maximum atomic E-state index is 11.6. The molecule has 22 heavy (non-hydrogen) atoms. The topological polar surface area (TPSA) is 41.6 Å². The molecule has 0 aliphatic carbocycles. The van der Waals surface area contributed by atoms with E-state index >= 15 is 0 Å². The Labute approximate surface area is 138 Å². The lowest BCUT2D eigenvalue weighted by molar-refractivity contribution is 0.101. The van der Waals surface area contributed by atoms with Crippen LogP contribution in [0, 0.1) is 0 Å². The average molecular weight is 325 g/mol. The summed E-state index contributed by atoms with van der Waals surface area (Å²) in [5.74, 6) is 0.765. The third-order valence-electron chi connectivity index (χ3n) is 4.54. The quantitative estimate of drug-likeness (QED) is 0.845. The van der Waals surface area contributed by atoms with E-state index in [2.05, 4.69) is 10.2 Å². The zero-order valence-corrected chi connectivity index (χ0v) is 13.9. The van der Waals surface area contributed by atoms with Gasteiger partial charge in [-0.2, -0.15) is 0 Å². The van der Waals surface area contributed by atoms with Crippen LogP contribution in [0.25, 0.3) is 0 Å². The van der Waals surface area contributed by atoms with Crippen molar-refractivity contribution in [2.24, 2.45) is 0 Å². The molecule has 3 rings (SSSR count). The van der Waals surface area contributed by atoms with Crippen LogP contribution < -0.4 is 10.1 Å². The third-order valence-corrected chi connectivity index (χ3v) is 4.54. The van der Waals surface area contributed by atoms with E-state index in [9.17, 15) is 4.79 Å². The predicted octanol–water partition coefficient (Wildman–Crippen LogP) is 2.52. The first-order valence-electron chi connectivity index (χ1n) is 7.93. The van der Waals surface area contributed by atoms with Crippen LogP contribution in [0.3, 0.4) is 0 Å². The Bertz CT molecular complexity index is 509. The van der Waals surface area contributed by atoms with E-state index in [-0.39, 0.29) is 18.2 Å². The van der Waals surface area contributed by atoms with Crippen molar-refractivity contribution in [2.45, 2.75) is 38.3 Å². The van der Waals surface area contributed by atoms with Gasteiger partial charge in [-0.1, -0.05) is 12.1 Å². The second-order valence-electron chi connectivity index (χ2n) is 6.13. The lowest BCUT2D eigenvalue weighted by atomic mass is 10.1. The van der Waals surface area contributed by atoms with Gasteiger partial charge < -0.3 is 10.1 Å². The summed E-state index contributed by atoms with van der Waals surface area (Å²) < 4.78 is 5.84. The summed E-state index contributed by atoms with van der Waals surface area (Å²) in [6.45, 7) is 5.41. The smallest absolute Gasteiger partial charge is 0.163 e. The van der Waals surface area contributed by atoms with E-state index in [0.717, 1.165) is 25.7 Å². The van der Waals surface area contributed by atoms with Gasteiger partial charge in [0.25, 0.3) is 0 Å². The fourth-order valence-corrected chi connectivity index (χ4v) is 3.39. The van der Waals surface area contributed by atoms with Gasteiger partial charge in [-0.05, 0) is 44.9 Å². The maximum Gasteiger partial charge on any atom is 0.163 e. The van der Waals surface area contributed by atoms with Gasteiger partial charge in [-0.25, -0.2) is 0 Å². The number of nitrogens with one attached hydrogen (secondary N) is 1. The SMILES string of the molecule is CC(=O)c1ccccc1OCCN1CCC2CCC(C1)N2.Cl. The highest BCUT2D eigenvalue weighted by atomic mass is 35.5. The third kappa shape index (κ3) is 4.22. The summed E-state index contributed by atoms with van der Waals surface area (Å²) in [6.07, 6.45) is 3.87. The zero-order valence-electron chi connectivity index (χ0n) is 13.1. The molecule has 0 saturated carbocycles. The van der Waals surface area contributed by atoms with Gasteiger partial charge in [0.05, 0.1) is 5.56 Å². The van der Waals surface area contributed by atoms with E-state index in [4.69, 9.17) is 4.74 Å². The Morgan fingerprint density at radius 1 is 1.27 bits per heavy atom. The number of ether oxygens (including phenoxy) is 1. The van der Waals surface area contributed by atoms with Crippen molar-refractivity contribution in [3.63, 3.8) is 0 Å². The van der Waals surface area contributed by atoms with Crippen molar-refractivity contribution in [2.75, 3.05) is 26.2 Å². The lowest BCUT2D eigenvalue weighted by Gasteiger charge is -2.24. The molecule has 0 amide bonds. The second kappa shape index (κ2) is 7.95. The van der Waals surface area contributed by atoms with E-state index in [0.29, 0.717) is 24.0 Å². The number of para-hydroxylation sites is 1. The number of fused-ring (bicyclic) bond motifs is 2. The molecule has 1 N–H and O–H groups in total. The number of ketones is 1. The summed E-state index contributed by atoms with van der Waals surface area (Å²) in [4.78, 5) is 14.0. The van der Waals surface area contributed by atoms with Crippen LogP contribution in [0.5, 0.6) is 5.75 Å². The minimum atomic E-state index is 0. The molecular formula is C17H25ClN2O2. The molecule has 2 unspecified atom stereocenters. The molecule has 2 fully saturated rings. The van der Waals surface area contributed by atoms with Crippen LogP contribution in [0.15, 0.2) is 24.3 Å². The number of rotatable bonds is 5. The molecule has 0 spiro atoms. The molecule has 2 bridgehead atoms. The van der Waals surface area contributed by atoms with Crippen molar-refractivity contribution >= 4 is 18.2 Å². The lowest BCUT2D eigenvalue weighted by Crippen LogP contribution is -2.37. The molecule has 122 valence electrons. The molecule has 2 aliphatic rings. The number of likely N-dealkylation sites (tertiary alicyclic amines) is 1. The Morgan fingerprint density at radius 3 is 2.86 bits per heavy atom. The number of hydrogen-bond donors (Lipinski definition) is 1. The summed E-state index contributed by atoms with van der Waals surface area (Å²) in [7, 11) is 0. The van der Waals surface area contributed by atoms with Gasteiger partial charge >= 0.3 is 0 Å². The Hall–Kier alpha value is -1.10. The molecule has 2 aliphatic heterocycles. The summed E-state index contributed by atoms with van der Waals surface area (Å²) in [5, 5.41) is 3.69. The number of carbonyl (C=O) groups excluding carboxylic acids is 1. The van der Waals surface area contributed by atoms with Gasteiger partial charge in [0.15, 0.2) is 5.78 Å². The minimum absolute atomic E-state index is 0. The number of halogens is 1. The number of Topliss-reactive ketones (excluding diaryl/α,β-unsaturated/α-hetero) is 1. The first-order valence-corrected chi connectivity index (χ1v) is 7.93. The highest BCUT2D eigenvalue weighted by Gasteiger charge is 2.28. The van der Waals surface area contributed by atoms with Gasteiger partial charge in [-0.3, -0.25) is 9.69 Å². The number of hydrogen-bond acceptors (Lipinski definition) is 4. The number of nitrogens with zero attached hydrogens (tertiary/aromatic N) is 1. The van der Waals surface area contributed by atoms with Crippen molar-refractivity contribution in [1.29, 1.82) is 0 Å². The van der Waals surface area contributed by atoms with Crippen molar-refractivity contribution < 1.29 is 9.53 Å². The van der Waals surface area contributed by atoms with E-state index in [1.807, 2.05) is 24.3 Å².